The van der Waals surface area contributed by atoms with Gasteiger partial charge < -0.3 is 9.84 Å². The van der Waals surface area contributed by atoms with Gasteiger partial charge in [0.15, 0.2) is 0 Å². The van der Waals surface area contributed by atoms with Crippen molar-refractivity contribution in [1.29, 1.82) is 0 Å². The fraction of sp³-hybridized carbons (Fsp3) is 0.571. The van der Waals surface area contributed by atoms with Gasteiger partial charge in [-0.1, -0.05) is 37.6 Å². The predicted octanol–water partition coefficient (Wildman–Crippen LogP) is 2.64. The predicted molar refractivity (Wildman–Crippen MR) is 64.4 cm³/mol. The van der Waals surface area contributed by atoms with Gasteiger partial charge in [-0.3, -0.25) is 0 Å². The molecule has 2 heteroatoms. The van der Waals surface area contributed by atoms with Crippen molar-refractivity contribution in [2.24, 2.45) is 0 Å². The van der Waals surface area contributed by atoms with Crippen LogP contribution >= 0.6 is 0 Å². The number of aliphatic hydroxyl groups is 1. The quantitative estimate of drug-likeness (QED) is 0.845. The molecule has 0 spiro atoms. The number of unbranched alkanes of at least 4 members (excludes halogenated alkanes) is 1. The zero-order valence-electron chi connectivity index (χ0n) is 9.91. The number of hydrogen-bond donors (Lipinski definition) is 1. The summed E-state index contributed by atoms with van der Waals surface area (Å²) in [7, 11) is 0. The lowest BCUT2D eigenvalue weighted by atomic mass is 9.92. The Morgan fingerprint density at radius 3 is 2.62 bits per heavy atom. The van der Waals surface area contributed by atoms with E-state index in [4.69, 9.17) is 4.74 Å². The maximum atomic E-state index is 10.3. The van der Waals surface area contributed by atoms with Crippen molar-refractivity contribution in [1.82, 2.24) is 0 Å². The number of hydrogen-bond acceptors (Lipinski definition) is 2. The Morgan fingerprint density at radius 1 is 1.31 bits per heavy atom. The Bertz CT molecular complexity index is 323. The minimum Gasteiger partial charge on any atom is -0.383 e. The zero-order chi connectivity index (χ0) is 11.4. The summed E-state index contributed by atoms with van der Waals surface area (Å²) in [6.07, 6.45) is 4.29. The van der Waals surface area contributed by atoms with Crippen molar-refractivity contribution >= 4 is 0 Å². The van der Waals surface area contributed by atoms with E-state index >= 15 is 0 Å². The van der Waals surface area contributed by atoms with Crippen molar-refractivity contribution in [2.45, 2.75) is 38.2 Å². The molecule has 1 aromatic carbocycles. The van der Waals surface area contributed by atoms with Gasteiger partial charge in [0.25, 0.3) is 0 Å². The van der Waals surface area contributed by atoms with Gasteiger partial charge in [-0.25, -0.2) is 0 Å². The van der Waals surface area contributed by atoms with Crippen LogP contribution in [0.2, 0.25) is 0 Å². The van der Waals surface area contributed by atoms with E-state index in [1.54, 1.807) is 0 Å². The van der Waals surface area contributed by atoms with Crippen LogP contribution < -0.4 is 0 Å². The first kappa shape index (κ1) is 11.6. The van der Waals surface area contributed by atoms with Crippen LogP contribution in [0.25, 0.3) is 0 Å². The highest BCUT2D eigenvalue weighted by Crippen LogP contribution is 2.30. The number of ether oxygens (including phenoxy) is 1. The van der Waals surface area contributed by atoms with Crippen LogP contribution in [-0.2, 0) is 16.8 Å². The highest BCUT2D eigenvalue weighted by molar-refractivity contribution is 5.28. The van der Waals surface area contributed by atoms with Crippen LogP contribution in [0.5, 0.6) is 0 Å². The van der Waals surface area contributed by atoms with Gasteiger partial charge >= 0.3 is 0 Å². The molecular formula is C14H20O2. The fourth-order valence-electron chi connectivity index (χ4n) is 2.14. The molecule has 1 unspecified atom stereocenters. The van der Waals surface area contributed by atoms with E-state index in [-0.39, 0.29) is 0 Å². The molecule has 0 amide bonds. The molecule has 2 rings (SSSR count). The van der Waals surface area contributed by atoms with E-state index in [9.17, 15) is 5.11 Å². The molecule has 1 atom stereocenters. The van der Waals surface area contributed by atoms with Gasteiger partial charge in [0.2, 0.25) is 0 Å². The van der Waals surface area contributed by atoms with E-state index in [2.05, 4.69) is 19.1 Å². The van der Waals surface area contributed by atoms with E-state index < -0.39 is 5.60 Å². The molecule has 0 radical (unpaired) electrons. The Balaban J connectivity index is 2.06. The summed E-state index contributed by atoms with van der Waals surface area (Å²) in [5.74, 6) is 0. The maximum Gasteiger partial charge on any atom is 0.115 e. The standard InChI is InChI=1S/C14H20O2/c1-2-3-4-12-5-7-13(8-6-12)14(15)9-10-16-11-14/h5-8,15H,2-4,9-11H2,1H3. The molecule has 1 N–H and O–H groups in total. The minimum absolute atomic E-state index is 0.432. The summed E-state index contributed by atoms with van der Waals surface area (Å²) in [4.78, 5) is 0. The van der Waals surface area contributed by atoms with E-state index in [0.717, 1.165) is 12.0 Å². The lowest BCUT2D eigenvalue weighted by Crippen LogP contribution is -2.25. The lowest BCUT2D eigenvalue weighted by Gasteiger charge is -2.21. The molecule has 1 aliphatic rings. The van der Waals surface area contributed by atoms with Crippen LogP contribution in [0.15, 0.2) is 24.3 Å². The highest BCUT2D eigenvalue weighted by Gasteiger charge is 2.33. The molecule has 1 aromatic rings. The molecule has 1 aliphatic heterocycles. The van der Waals surface area contributed by atoms with Crippen LogP contribution in [0, 0.1) is 0 Å². The second-order valence-corrected chi connectivity index (χ2v) is 4.63. The first-order valence-corrected chi connectivity index (χ1v) is 6.14. The van der Waals surface area contributed by atoms with Gasteiger partial charge in [0.1, 0.15) is 5.60 Å². The average Bonchev–Trinajstić information content (AvgIpc) is 2.75. The van der Waals surface area contributed by atoms with E-state index in [1.165, 1.54) is 18.4 Å². The fourth-order valence-corrected chi connectivity index (χ4v) is 2.14. The molecule has 1 fully saturated rings. The SMILES string of the molecule is CCCCc1ccc(C2(O)CCOC2)cc1. The van der Waals surface area contributed by atoms with Gasteiger partial charge in [-0.2, -0.15) is 0 Å². The monoisotopic (exact) mass is 220 g/mol. The van der Waals surface area contributed by atoms with Gasteiger partial charge in [-0.05, 0) is 24.0 Å². The second-order valence-electron chi connectivity index (χ2n) is 4.63. The van der Waals surface area contributed by atoms with E-state index in [1.807, 2.05) is 12.1 Å². The molecule has 0 bridgehead atoms. The molecule has 0 aromatic heterocycles. The third-order valence-electron chi connectivity index (χ3n) is 3.31. The summed E-state index contributed by atoms with van der Waals surface area (Å²) in [5, 5.41) is 10.3. The summed E-state index contributed by atoms with van der Waals surface area (Å²) >= 11 is 0. The van der Waals surface area contributed by atoms with Gasteiger partial charge in [0, 0.05) is 13.0 Å². The highest BCUT2D eigenvalue weighted by atomic mass is 16.5. The summed E-state index contributed by atoms with van der Waals surface area (Å²) < 4.78 is 5.26. The van der Waals surface area contributed by atoms with Gasteiger partial charge in [-0.15, -0.1) is 0 Å². The molecule has 88 valence electrons. The van der Waals surface area contributed by atoms with Crippen molar-refractivity contribution < 1.29 is 9.84 Å². The molecular weight excluding hydrogens is 200 g/mol. The van der Waals surface area contributed by atoms with Crippen LogP contribution in [0.1, 0.15) is 37.3 Å². The second kappa shape index (κ2) is 4.98. The largest absolute Gasteiger partial charge is 0.383 e. The molecule has 1 heterocycles. The van der Waals surface area contributed by atoms with Crippen molar-refractivity contribution in [3.63, 3.8) is 0 Å². The smallest absolute Gasteiger partial charge is 0.115 e. The Labute approximate surface area is 97.3 Å². The Kier molecular flexibility index (Phi) is 3.62. The average molecular weight is 220 g/mol. The van der Waals surface area contributed by atoms with Crippen molar-refractivity contribution in [3.05, 3.63) is 35.4 Å². The zero-order valence-corrected chi connectivity index (χ0v) is 9.91. The van der Waals surface area contributed by atoms with Gasteiger partial charge in [0.05, 0.1) is 6.61 Å². The summed E-state index contributed by atoms with van der Waals surface area (Å²) in [6, 6.07) is 8.34. The number of rotatable bonds is 4. The van der Waals surface area contributed by atoms with E-state index in [0.29, 0.717) is 19.6 Å². The maximum absolute atomic E-state index is 10.3. The Morgan fingerprint density at radius 2 is 2.06 bits per heavy atom. The van der Waals surface area contributed by atoms with Crippen LogP contribution in [0.4, 0.5) is 0 Å². The third kappa shape index (κ3) is 2.45. The van der Waals surface area contributed by atoms with Crippen molar-refractivity contribution in [3.8, 4) is 0 Å². The molecule has 0 aliphatic carbocycles. The number of benzene rings is 1. The first-order valence-electron chi connectivity index (χ1n) is 6.14. The van der Waals surface area contributed by atoms with Crippen LogP contribution in [0.3, 0.4) is 0 Å². The molecule has 1 saturated heterocycles. The number of aryl methyl sites for hydroxylation is 1. The lowest BCUT2D eigenvalue weighted by molar-refractivity contribution is 0.0232. The Hall–Kier alpha value is -0.860. The topological polar surface area (TPSA) is 29.5 Å². The summed E-state index contributed by atoms with van der Waals surface area (Å²) in [6.45, 7) is 3.29. The van der Waals surface area contributed by atoms with Crippen molar-refractivity contribution in [2.75, 3.05) is 13.2 Å². The first-order chi connectivity index (χ1) is 7.74. The molecule has 0 saturated carbocycles. The molecule has 2 nitrogen and oxygen atoms in total. The molecule has 16 heavy (non-hydrogen) atoms. The normalized spacial score (nSPS) is 24.9. The minimum atomic E-state index is -0.747. The third-order valence-corrected chi connectivity index (χ3v) is 3.31. The van der Waals surface area contributed by atoms with Crippen LogP contribution in [-0.4, -0.2) is 18.3 Å². The summed E-state index contributed by atoms with van der Waals surface area (Å²) in [5.41, 5.74) is 1.60.